The van der Waals surface area contributed by atoms with Crippen molar-refractivity contribution in [1.29, 1.82) is 0 Å². The van der Waals surface area contributed by atoms with Gasteiger partial charge in [0, 0.05) is 35.3 Å². The second kappa shape index (κ2) is 4.80. The van der Waals surface area contributed by atoms with E-state index in [1.807, 2.05) is 44.4 Å². The van der Waals surface area contributed by atoms with Gasteiger partial charge >= 0.3 is 0 Å². The first-order valence-corrected chi connectivity index (χ1v) is 6.70. The number of halogens is 1. The summed E-state index contributed by atoms with van der Waals surface area (Å²) < 4.78 is 3.76. The average Bonchev–Trinajstić information content (AvgIpc) is 2.96. The lowest BCUT2D eigenvalue weighted by atomic mass is 10.1. The van der Waals surface area contributed by atoms with E-state index in [2.05, 4.69) is 9.67 Å². The highest BCUT2D eigenvalue weighted by Gasteiger charge is 2.13. The Labute approximate surface area is 121 Å². The summed E-state index contributed by atoms with van der Waals surface area (Å²) in [6.07, 6.45) is 2.86. The molecule has 5 heteroatoms. The number of aromatic nitrogens is 3. The van der Waals surface area contributed by atoms with Gasteiger partial charge in [0.25, 0.3) is 0 Å². The second-order valence-electron chi connectivity index (χ2n) is 4.82. The quantitative estimate of drug-likeness (QED) is 0.694. The first-order valence-electron chi connectivity index (χ1n) is 6.33. The van der Waals surface area contributed by atoms with Crippen LogP contribution in [0.4, 0.5) is 0 Å². The third-order valence-corrected chi connectivity index (χ3v) is 4.05. The fourth-order valence-electron chi connectivity index (χ4n) is 2.51. The van der Waals surface area contributed by atoms with Crippen molar-refractivity contribution < 1.29 is 4.79 Å². The molecule has 0 amide bonds. The van der Waals surface area contributed by atoms with Gasteiger partial charge in [0.05, 0.1) is 12.2 Å². The van der Waals surface area contributed by atoms with E-state index >= 15 is 0 Å². The Morgan fingerprint density at radius 2 is 2.15 bits per heavy atom. The summed E-state index contributed by atoms with van der Waals surface area (Å²) in [7, 11) is 1.83. The van der Waals surface area contributed by atoms with Gasteiger partial charge in [-0.05, 0) is 19.1 Å². The van der Waals surface area contributed by atoms with Crippen molar-refractivity contribution in [2.45, 2.75) is 13.5 Å². The van der Waals surface area contributed by atoms with Gasteiger partial charge in [0.1, 0.15) is 5.15 Å². The Morgan fingerprint density at radius 3 is 2.80 bits per heavy atom. The van der Waals surface area contributed by atoms with Crippen LogP contribution in [0, 0.1) is 6.92 Å². The normalized spacial score (nSPS) is 11.2. The molecule has 0 atom stereocenters. The molecular formula is C15H14ClN3O. The number of hydrogen-bond acceptors (Lipinski definition) is 2. The minimum absolute atomic E-state index is 0.643. The summed E-state index contributed by atoms with van der Waals surface area (Å²) in [6, 6.07) is 7.67. The van der Waals surface area contributed by atoms with Crippen molar-refractivity contribution in [3.05, 3.63) is 52.4 Å². The Kier molecular flexibility index (Phi) is 3.10. The molecular weight excluding hydrogens is 274 g/mol. The van der Waals surface area contributed by atoms with Gasteiger partial charge in [-0.2, -0.15) is 5.10 Å². The number of fused-ring (bicyclic) bond motifs is 1. The van der Waals surface area contributed by atoms with Gasteiger partial charge in [-0.15, -0.1) is 0 Å². The molecule has 2 aromatic heterocycles. The summed E-state index contributed by atoms with van der Waals surface area (Å²) in [5.74, 6) is 0. The monoisotopic (exact) mass is 287 g/mol. The molecule has 0 saturated heterocycles. The van der Waals surface area contributed by atoms with E-state index in [9.17, 15) is 4.79 Å². The maximum absolute atomic E-state index is 11.1. The third-order valence-electron chi connectivity index (χ3n) is 3.57. The Morgan fingerprint density at radius 1 is 1.35 bits per heavy atom. The lowest BCUT2D eigenvalue weighted by Gasteiger charge is -2.06. The summed E-state index contributed by atoms with van der Waals surface area (Å²) in [5.41, 5.74) is 3.65. The van der Waals surface area contributed by atoms with Crippen LogP contribution in [0.25, 0.3) is 10.9 Å². The fraction of sp³-hybridized carbons (Fsp3) is 0.200. The molecule has 0 spiro atoms. The molecule has 2 heterocycles. The molecule has 0 bridgehead atoms. The van der Waals surface area contributed by atoms with Crippen molar-refractivity contribution >= 4 is 28.8 Å². The molecule has 0 fully saturated rings. The zero-order chi connectivity index (χ0) is 14.3. The third kappa shape index (κ3) is 1.93. The number of aryl methyl sites for hydroxylation is 2. The summed E-state index contributed by atoms with van der Waals surface area (Å²) in [5, 5.41) is 5.93. The molecule has 0 N–H and O–H groups in total. The van der Waals surface area contributed by atoms with E-state index in [0.29, 0.717) is 17.3 Å². The predicted octanol–water partition coefficient (Wildman–Crippen LogP) is 3.20. The Hall–Kier alpha value is -2.07. The summed E-state index contributed by atoms with van der Waals surface area (Å²) in [4.78, 5) is 11.1. The van der Waals surface area contributed by atoms with Crippen LogP contribution < -0.4 is 0 Å². The standard InChI is InChI=1S/C15H14ClN3O/c1-10-13(15(16)18(2)17-10)8-19-7-6-12-11(9-20)4-3-5-14(12)19/h3-7,9H,8H2,1-2H3. The van der Waals surface area contributed by atoms with Gasteiger partial charge in [0.15, 0.2) is 6.29 Å². The molecule has 0 aliphatic rings. The SMILES string of the molecule is Cc1nn(C)c(Cl)c1Cn1ccc2c(C=O)cccc21. The van der Waals surface area contributed by atoms with Crippen molar-refractivity contribution in [2.24, 2.45) is 7.05 Å². The van der Waals surface area contributed by atoms with Gasteiger partial charge in [-0.25, -0.2) is 0 Å². The fourth-order valence-corrected chi connectivity index (χ4v) is 2.75. The van der Waals surface area contributed by atoms with Crippen molar-refractivity contribution in [2.75, 3.05) is 0 Å². The molecule has 1 aromatic carbocycles. The number of rotatable bonds is 3. The maximum atomic E-state index is 11.1. The van der Waals surface area contributed by atoms with Gasteiger partial charge in [0.2, 0.25) is 0 Å². The number of carbonyl (C=O) groups is 1. The number of hydrogen-bond donors (Lipinski definition) is 0. The molecule has 0 unspecified atom stereocenters. The first kappa shape index (κ1) is 12.9. The van der Waals surface area contributed by atoms with Crippen LogP contribution >= 0.6 is 11.6 Å². The topological polar surface area (TPSA) is 39.8 Å². The molecule has 3 aromatic rings. The predicted molar refractivity (Wildman–Crippen MR) is 79.4 cm³/mol. The van der Waals surface area contributed by atoms with E-state index in [-0.39, 0.29) is 0 Å². The van der Waals surface area contributed by atoms with Crippen molar-refractivity contribution in [3.63, 3.8) is 0 Å². The summed E-state index contributed by atoms with van der Waals surface area (Å²) in [6.45, 7) is 2.59. The average molecular weight is 288 g/mol. The minimum Gasteiger partial charge on any atom is -0.343 e. The highest BCUT2D eigenvalue weighted by atomic mass is 35.5. The van der Waals surface area contributed by atoms with Crippen LogP contribution in [0.1, 0.15) is 21.6 Å². The molecule has 3 rings (SSSR count). The largest absolute Gasteiger partial charge is 0.343 e. The zero-order valence-electron chi connectivity index (χ0n) is 11.3. The zero-order valence-corrected chi connectivity index (χ0v) is 12.1. The maximum Gasteiger partial charge on any atom is 0.150 e. The van der Waals surface area contributed by atoms with Crippen LogP contribution in [0.2, 0.25) is 5.15 Å². The molecule has 102 valence electrons. The summed E-state index contributed by atoms with van der Waals surface area (Å²) >= 11 is 6.27. The lowest BCUT2D eigenvalue weighted by Crippen LogP contribution is -1.99. The van der Waals surface area contributed by atoms with Crippen LogP contribution in [0.15, 0.2) is 30.5 Å². The van der Waals surface area contributed by atoms with E-state index in [1.54, 1.807) is 4.68 Å². The lowest BCUT2D eigenvalue weighted by molar-refractivity contribution is 0.112. The van der Waals surface area contributed by atoms with Gasteiger partial charge in [-0.1, -0.05) is 23.7 Å². The van der Waals surface area contributed by atoms with E-state index in [0.717, 1.165) is 28.4 Å². The Balaban J connectivity index is 2.10. The molecule has 0 saturated carbocycles. The smallest absolute Gasteiger partial charge is 0.150 e. The van der Waals surface area contributed by atoms with E-state index in [4.69, 9.17) is 11.6 Å². The van der Waals surface area contributed by atoms with Crippen LogP contribution in [0.3, 0.4) is 0 Å². The van der Waals surface area contributed by atoms with Crippen LogP contribution in [-0.2, 0) is 13.6 Å². The number of benzene rings is 1. The van der Waals surface area contributed by atoms with E-state index in [1.165, 1.54) is 0 Å². The number of nitrogens with zero attached hydrogens (tertiary/aromatic N) is 3. The molecule has 20 heavy (non-hydrogen) atoms. The van der Waals surface area contributed by atoms with Crippen LogP contribution in [-0.4, -0.2) is 20.6 Å². The van der Waals surface area contributed by atoms with Crippen LogP contribution in [0.5, 0.6) is 0 Å². The molecule has 0 aliphatic carbocycles. The minimum atomic E-state index is 0.643. The van der Waals surface area contributed by atoms with Crippen molar-refractivity contribution in [1.82, 2.24) is 14.3 Å². The van der Waals surface area contributed by atoms with E-state index < -0.39 is 0 Å². The highest BCUT2D eigenvalue weighted by Crippen LogP contribution is 2.24. The Bertz CT molecular complexity index is 801. The van der Waals surface area contributed by atoms with Gasteiger partial charge < -0.3 is 4.57 Å². The second-order valence-corrected chi connectivity index (χ2v) is 5.18. The van der Waals surface area contributed by atoms with Crippen molar-refractivity contribution in [3.8, 4) is 0 Å². The molecule has 0 radical (unpaired) electrons. The number of aldehydes is 1. The highest BCUT2D eigenvalue weighted by molar-refractivity contribution is 6.30. The molecule has 4 nitrogen and oxygen atoms in total. The number of carbonyl (C=O) groups excluding carboxylic acids is 1. The van der Waals surface area contributed by atoms with Gasteiger partial charge in [-0.3, -0.25) is 9.48 Å². The first-order chi connectivity index (χ1) is 9.61. The molecule has 0 aliphatic heterocycles.